The molecule has 0 aliphatic carbocycles. The lowest BCUT2D eigenvalue weighted by Gasteiger charge is -2.26. The second-order valence-electron chi connectivity index (χ2n) is 7.20. The Balaban J connectivity index is 1.85. The van der Waals surface area contributed by atoms with E-state index < -0.39 is 27.9 Å². The van der Waals surface area contributed by atoms with Crippen molar-refractivity contribution in [3.63, 3.8) is 0 Å². The third-order valence-corrected chi connectivity index (χ3v) is 7.23. The highest BCUT2D eigenvalue weighted by Gasteiger charge is 2.34. The predicted molar refractivity (Wildman–Crippen MR) is 112 cm³/mol. The minimum atomic E-state index is -3.92. The number of benzene rings is 2. The number of fused-ring (bicyclic) bond motifs is 1. The zero-order valence-corrected chi connectivity index (χ0v) is 17.7. The topological polar surface area (TPSA) is 95.6 Å². The van der Waals surface area contributed by atoms with E-state index in [1.54, 1.807) is 39.0 Å². The average Bonchev–Trinajstić information content (AvgIpc) is 2.97. The van der Waals surface area contributed by atoms with Crippen LogP contribution in [0.5, 0.6) is 0 Å². The van der Waals surface area contributed by atoms with E-state index in [1.165, 1.54) is 12.1 Å². The van der Waals surface area contributed by atoms with Gasteiger partial charge in [-0.05, 0) is 56.7 Å². The smallest absolute Gasteiger partial charge is 0.243 e. The highest BCUT2D eigenvalue weighted by atomic mass is 32.2. The zero-order valence-electron chi connectivity index (χ0n) is 16.9. The molecule has 0 fully saturated rings. The Labute approximate surface area is 171 Å². The maximum Gasteiger partial charge on any atom is 0.243 e. The van der Waals surface area contributed by atoms with E-state index >= 15 is 0 Å². The van der Waals surface area contributed by atoms with E-state index in [0.29, 0.717) is 16.9 Å². The largest absolute Gasteiger partial charge is 0.325 e. The number of carbonyl (C=O) groups excluding carboxylic acids is 2. The summed E-state index contributed by atoms with van der Waals surface area (Å²) in [6.07, 6.45) is 0. The molecule has 8 heteroatoms. The third-order valence-electron chi connectivity index (χ3n) is 5.19. The van der Waals surface area contributed by atoms with Crippen LogP contribution < -0.4 is 10.6 Å². The van der Waals surface area contributed by atoms with Crippen LogP contribution in [0.15, 0.2) is 47.4 Å². The molecule has 2 atom stereocenters. The Morgan fingerprint density at radius 2 is 1.86 bits per heavy atom. The minimum absolute atomic E-state index is 0.0661. The molecule has 29 heavy (non-hydrogen) atoms. The van der Waals surface area contributed by atoms with E-state index in [2.05, 4.69) is 10.6 Å². The molecule has 3 rings (SSSR count). The molecular formula is C21H25N3O4S. The fraction of sp³-hybridized carbons (Fsp3) is 0.333. The summed E-state index contributed by atoms with van der Waals surface area (Å²) in [5.41, 5.74) is 2.93. The standard InChI is InChI=1S/C21H25N3O4S/c1-5-24(15(4)21(26)22-16-8-6-13(2)7-9-16)29(27,28)17-10-11-19-18(12-17)14(3)20(25)23-19/h6-12,14-15H,5H2,1-4H3,(H,22,26)(H,23,25)/t14-,15-/m0/s1. The van der Waals surface area contributed by atoms with Crippen LogP contribution in [0, 0.1) is 6.92 Å². The number of nitrogens with one attached hydrogen (secondary N) is 2. The molecule has 0 spiro atoms. The van der Waals surface area contributed by atoms with Crippen molar-refractivity contribution < 1.29 is 18.0 Å². The normalized spacial score (nSPS) is 17.0. The number of sulfonamides is 1. The lowest BCUT2D eigenvalue weighted by molar-refractivity contribution is -0.119. The summed E-state index contributed by atoms with van der Waals surface area (Å²) < 4.78 is 27.6. The summed E-state index contributed by atoms with van der Waals surface area (Å²) in [6, 6.07) is 10.9. The monoisotopic (exact) mass is 415 g/mol. The summed E-state index contributed by atoms with van der Waals surface area (Å²) in [7, 11) is -3.92. The van der Waals surface area contributed by atoms with E-state index in [0.717, 1.165) is 9.87 Å². The van der Waals surface area contributed by atoms with Gasteiger partial charge in [0.2, 0.25) is 21.8 Å². The molecule has 2 amide bonds. The van der Waals surface area contributed by atoms with Crippen LogP contribution in [0.25, 0.3) is 0 Å². The van der Waals surface area contributed by atoms with Crippen molar-refractivity contribution in [3.05, 3.63) is 53.6 Å². The first-order valence-corrected chi connectivity index (χ1v) is 10.9. The number of hydrogen-bond acceptors (Lipinski definition) is 4. The number of aryl methyl sites for hydroxylation is 1. The van der Waals surface area contributed by atoms with Gasteiger partial charge in [0, 0.05) is 17.9 Å². The highest BCUT2D eigenvalue weighted by molar-refractivity contribution is 7.89. The number of nitrogens with zero attached hydrogens (tertiary/aromatic N) is 1. The molecule has 154 valence electrons. The summed E-state index contributed by atoms with van der Waals surface area (Å²) in [5, 5.41) is 5.49. The molecule has 0 aromatic heterocycles. The van der Waals surface area contributed by atoms with Gasteiger partial charge in [-0.1, -0.05) is 24.6 Å². The van der Waals surface area contributed by atoms with Gasteiger partial charge < -0.3 is 10.6 Å². The van der Waals surface area contributed by atoms with Crippen LogP contribution in [-0.2, 0) is 19.6 Å². The van der Waals surface area contributed by atoms with Crippen LogP contribution in [0.2, 0.25) is 0 Å². The van der Waals surface area contributed by atoms with Crippen molar-refractivity contribution in [1.29, 1.82) is 0 Å². The predicted octanol–water partition coefficient (Wildman–Crippen LogP) is 3.09. The second-order valence-corrected chi connectivity index (χ2v) is 9.09. The molecule has 0 unspecified atom stereocenters. The lowest BCUT2D eigenvalue weighted by atomic mass is 10.0. The fourth-order valence-corrected chi connectivity index (χ4v) is 5.00. The number of amides is 2. The van der Waals surface area contributed by atoms with Gasteiger partial charge in [0.25, 0.3) is 0 Å². The van der Waals surface area contributed by atoms with Crippen LogP contribution in [0.1, 0.15) is 37.8 Å². The zero-order chi connectivity index (χ0) is 21.3. The minimum Gasteiger partial charge on any atom is -0.325 e. The van der Waals surface area contributed by atoms with Crippen LogP contribution in [-0.4, -0.2) is 37.1 Å². The first kappa shape index (κ1) is 21.0. The van der Waals surface area contributed by atoms with E-state index in [1.807, 2.05) is 19.1 Å². The Hall–Kier alpha value is -2.71. The second kappa shape index (κ2) is 7.96. The summed E-state index contributed by atoms with van der Waals surface area (Å²) >= 11 is 0. The molecule has 7 nitrogen and oxygen atoms in total. The number of anilines is 2. The Morgan fingerprint density at radius 1 is 1.21 bits per heavy atom. The Kier molecular flexibility index (Phi) is 5.77. The van der Waals surface area contributed by atoms with E-state index in [9.17, 15) is 18.0 Å². The SMILES string of the molecule is CCN([C@@H](C)C(=O)Nc1ccc(C)cc1)S(=O)(=O)c1ccc2c(c1)[C@H](C)C(=O)N2. The van der Waals surface area contributed by atoms with Gasteiger partial charge in [0.05, 0.1) is 10.8 Å². The molecule has 2 aromatic rings. The number of rotatable bonds is 6. The van der Waals surface area contributed by atoms with Crippen molar-refractivity contribution in [2.75, 3.05) is 17.2 Å². The maximum absolute atomic E-state index is 13.2. The van der Waals surface area contributed by atoms with Crippen LogP contribution >= 0.6 is 0 Å². The molecule has 1 heterocycles. The summed E-state index contributed by atoms with van der Waals surface area (Å²) in [5.74, 6) is -0.990. The summed E-state index contributed by atoms with van der Waals surface area (Å²) in [6.45, 7) is 7.06. The molecular weight excluding hydrogens is 390 g/mol. The Morgan fingerprint density at radius 3 is 2.48 bits per heavy atom. The van der Waals surface area contributed by atoms with Gasteiger partial charge in [0.15, 0.2) is 0 Å². The first-order valence-electron chi connectivity index (χ1n) is 9.49. The van der Waals surface area contributed by atoms with Crippen molar-refractivity contribution in [1.82, 2.24) is 4.31 Å². The van der Waals surface area contributed by atoms with Gasteiger partial charge >= 0.3 is 0 Å². The van der Waals surface area contributed by atoms with Crippen molar-refractivity contribution >= 4 is 33.2 Å². The van der Waals surface area contributed by atoms with E-state index in [-0.39, 0.29) is 17.3 Å². The maximum atomic E-state index is 13.2. The lowest BCUT2D eigenvalue weighted by Crippen LogP contribution is -2.45. The average molecular weight is 416 g/mol. The Bertz CT molecular complexity index is 1050. The first-order chi connectivity index (χ1) is 13.6. The molecule has 0 bridgehead atoms. The van der Waals surface area contributed by atoms with Crippen molar-refractivity contribution in [2.45, 2.75) is 44.6 Å². The summed E-state index contributed by atoms with van der Waals surface area (Å²) in [4.78, 5) is 24.6. The van der Waals surface area contributed by atoms with Gasteiger partial charge in [-0.2, -0.15) is 4.31 Å². The number of hydrogen-bond donors (Lipinski definition) is 2. The molecule has 0 saturated heterocycles. The van der Waals surface area contributed by atoms with Crippen molar-refractivity contribution in [3.8, 4) is 0 Å². The van der Waals surface area contributed by atoms with Crippen LogP contribution in [0.4, 0.5) is 11.4 Å². The molecule has 2 aromatic carbocycles. The van der Waals surface area contributed by atoms with Crippen LogP contribution in [0.3, 0.4) is 0 Å². The van der Waals surface area contributed by atoms with Gasteiger partial charge in [-0.25, -0.2) is 8.42 Å². The van der Waals surface area contributed by atoms with E-state index in [4.69, 9.17) is 0 Å². The molecule has 0 saturated carbocycles. The fourth-order valence-electron chi connectivity index (χ4n) is 3.36. The molecule has 1 aliphatic rings. The number of likely N-dealkylation sites (N-methyl/N-ethyl adjacent to an activating group) is 1. The molecule has 1 aliphatic heterocycles. The third kappa shape index (κ3) is 4.04. The molecule has 2 N–H and O–H groups in total. The quantitative estimate of drug-likeness (QED) is 0.758. The van der Waals surface area contributed by atoms with Gasteiger partial charge in [-0.3, -0.25) is 9.59 Å². The number of carbonyl (C=O) groups is 2. The highest BCUT2D eigenvalue weighted by Crippen LogP contribution is 2.34. The van der Waals surface area contributed by atoms with Gasteiger partial charge in [0.1, 0.15) is 6.04 Å². The van der Waals surface area contributed by atoms with Gasteiger partial charge in [-0.15, -0.1) is 0 Å². The molecule has 0 radical (unpaired) electrons. The van der Waals surface area contributed by atoms with Crippen molar-refractivity contribution in [2.24, 2.45) is 0 Å².